The molecule has 1 saturated heterocycles. The zero-order chi connectivity index (χ0) is 15.4. The number of nitrogens with one attached hydrogen (secondary N) is 1. The summed E-state index contributed by atoms with van der Waals surface area (Å²) in [6.07, 6.45) is 0. The number of nitrogens with zero attached hydrogens (tertiary/aromatic N) is 2. The van der Waals surface area contributed by atoms with Gasteiger partial charge < -0.3 is 19.9 Å². The highest BCUT2D eigenvalue weighted by Crippen LogP contribution is 2.25. The number of hydrogen-bond donors (Lipinski definition) is 1. The molecule has 1 fully saturated rings. The second-order valence-corrected chi connectivity index (χ2v) is 5.48. The Kier molecular flexibility index (Phi) is 5.07. The summed E-state index contributed by atoms with van der Waals surface area (Å²) in [7, 11) is 3.51. The first kappa shape index (κ1) is 15.6. The van der Waals surface area contributed by atoms with Crippen molar-refractivity contribution in [1.29, 1.82) is 0 Å². The lowest BCUT2D eigenvalue weighted by Crippen LogP contribution is -2.29. The van der Waals surface area contributed by atoms with Crippen LogP contribution in [-0.2, 0) is 6.54 Å². The average Bonchev–Trinajstić information content (AvgIpc) is 2.79. The van der Waals surface area contributed by atoms with Crippen molar-refractivity contribution in [2.45, 2.75) is 26.4 Å². The summed E-state index contributed by atoms with van der Waals surface area (Å²) in [6.45, 7) is 7.32. The largest absolute Gasteiger partial charge is 0.496 e. The van der Waals surface area contributed by atoms with E-state index in [1.54, 1.807) is 12.0 Å². The van der Waals surface area contributed by atoms with Crippen molar-refractivity contribution in [1.82, 2.24) is 15.1 Å². The third kappa shape index (κ3) is 3.47. The Morgan fingerprint density at radius 3 is 2.71 bits per heavy atom. The Hall–Kier alpha value is -1.75. The Balaban J connectivity index is 2.20. The fourth-order valence-corrected chi connectivity index (χ4v) is 2.67. The normalized spacial score (nSPS) is 16.5. The molecule has 1 aliphatic rings. The molecule has 1 aromatic carbocycles. The number of methoxy groups -OCH3 is 1. The summed E-state index contributed by atoms with van der Waals surface area (Å²) in [5.74, 6) is 0.838. The standard InChI is InChI=1S/C16H25N3O2/c1-5-17-12(2)13-6-7-15(21-4)14(10-13)11-19-9-8-18(3)16(19)20/h6-7,10,12,17H,5,8-9,11H2,1-4H3. The van der Waals surface area contributed by atoms with Gasteiger partial charge in [0.1, 0.15) is 5.75 Å². The molecule has 2 amide bonds. The molecule has 2 rings (SSSR count). The van der Waals surface area contributed by atoms with Crippen molar-refractivity contribution in [2.75, 3.05) is 33.8 Å². The molecule has 1 aliphatic heterocycles. The minimum Gasteiger partial charge on any atom is -0.496 e. The first-order valence-electron chi connectivity index (χ1n) is 7.47. The Bertz CT molecular complexity index is 504. The maximum absolute atomic E-state index is 12.0. The summed E-state index contributed by atoms with van der Waals surface area (Å²) in [4.78, 5) is 15.6. The number of carbonyl (C=O) groups is 1. The van der Waals surface area contributed by atoms with Crippen LogP contribution < -0.4 is 10.1 Å². The molecule has 116 valence electrons. The molecule has 5 nitrogen and oxygen atoms in total. The monoisotopic (exact) mass is 291 g/mol. The highest BCUT2D eigenvalue weighted by atomic mass is 16.5. The molecule has 1 aromatic rings. The van der Waals surface area contributed by atoms with Crippen LogP contribution in [0.5, 0.6) is 5.75 Å². The van der Waals surface area contributed by atoms with Crippen LogP contribution in [0.15, 0.2) is 18.2 Å². The van der Waals surface area contributed by atoms with Crippen molar-refractivity contribution in [2.24, 2.45) is 0 Å². The Labute approximate surface area is 126 Å². The molecule has 1 heterocycles. The van der Waals surface area contributed by atoms with Gasteiger partial charge in [-0.05, 0) is 31.2 Å². The number of amides is 2. The van der Waals surface area contributed by atoms with Gasteiger partial charge in [-0.15, -0.1) is 0 Å². The van der Waals surface area contributed by atoms with Crippen molar-refractivity contribution < 1.29 is 9.53 Å². The van der Waals surface area contributed by atoms with Crippen LogP contribution in [0.3, 0.4) is 0 Å². The first-order valence-corrected chi connectivity index (χ1v) is 7.47. The number of likely N-dealkylation sites (N-methyl/N-ethyl adjacent to an activating group) is 1. The predicted octanol–water partition coefficient (Wildman–Crippen LogP) is 2.23. The van der Waals surface area contributed by atoms with E-state index in [2.05, 4.69) is 31.3 Å². The summed E-state index contributed by atoms with van der Waals surface area (Å²) in [5.41, 5.74) is 2.27. The van der Waals surface area contributed by atoms with Gasteiger partial charge in [0.2, 0.25) is 0 Å². The van der Waals surface area contributed by atoms with E-state index in [1.165, 1.54) is 5.56 Å². The molecule has 5 heteroatoms. The summed E-state index contributed by atoms with van der Waals surface area (Å²) in [5, 5.41) is 3.41. The molecular weight excluding hydrogens is 266 g/mol. The van der Waals surface area contributed by atoms with E-state index < -0.39 is 0 Å². The third-order valence-corrected chi connectivity index (χ3v) is 3.98. The number of hydrogen-bond acceptors (Lipinski definition) is 3. The number of rotatable bonds is 6. The lowest BCUT2D eigenvalue weighted by molar-refractivity contribution is 0.196. The topological polar surface area (TPSA) is 44.8 Å². The van der Waals surface area contributed by atoms with Crippen molar-refractivity contribution in [3.8, 4) is 5.75 Å². The number of ether oxygens (including phenoxy) is 1. The van der Waals surface area contributed by atoms with Gasteiger partial charge in [0, 0.05) is 31.7 Å². The number of benzene rings is 1. The molecular formula is C16H25N3O2. The lowest BCUT2D eigenvalue weighted by Gasteiger charge is -2.20. The van der Waals surface area contributed by atoms with Gasteiger partial charge in [-0.2, -0.15) is 0 Å². The summed E-state index contributed by atoms with van der Waals surface area (Å²) < 4.78 is 5.44. The first-order chi connectivity index (χ1) is 10.1. The highest BCUT2D eigenvalue weighted by molar-refractivity contribution is 5.76. The van der Waals surface area contributed by atoms with Crippen LogP contribution in [0.4, 0.5) is 4.79 Å². The predicted molar refractivity (Wildman–Crippen MR) is 83.5 cm³/mol. The fourth-order valence-electron chi connectivity index (χ4n) is 2.67. The van der Waals surface area contributed by atoms with Crippen molar-refractivity contribution in [3.63, 3.8) is 0 Å². The van der Waals surface area contributed by atoms with E-state index in [0.717, 1.165) is 30.9 Å². The molecule has 0 bridgehead atoms. The van der Waals surface area contributed by atoms with Crippen molar-refractivity contribution >= 4 is 6.03 Å². The van der Waals surface area contributed by atoms with Gasteiger partial charge in [0.05, 0.1) is 13.7 Å². The molecule has 0 aromatic heterocycles. The van der Waals surface area contributed by atoms with E-state index in [1.807, 2.05) is 18.0 Å². The quantitative estimate of drug-likeness (QED) is 0.874. The van der Waals surface area contributed by atoms with Crippen LogP contribution in [0.25, 0.3) is 0 Å². The van der Waals surface area contributed by atoms with Gasteiger partial charge in [0.25, 0.3) is 0 Å². The zero-order valence-electron chi connectivity index (χ0n) is 13.3. The average molecular weight is 291 g/mol. The van der Waals surface area contributed by atoms with Crippen LogP contribution in [0, 0.1) is 0 Å². The van der Waals surface area contributed by atoms with Gasteiger partial charge >= 0.3 is 6.03 Å². The molecule has 0 aliphatic carbocycles. The highest BCUT2D eigenvalue weighted by Gasteiger charge is 2.26. The van der Waals surface area contributed by atoms with Crippen LogP contribution in [0.2, 0.25) is 0 Å². The molecule has 1 unspecified atom stereocenters. The van der Waals surface area contributed by atoms with Gasteiger partial charge in [0.15, 0.2) is 0 Å². The number of carbonyl (C=O) groups excluding carboxylic acids is 1. The van der Waals surface area contributed by atoms with E-state index in [9.17, 15) is 4.79 Å². The minimum atomic E-state index is 0.0854. The Morgan fingerprint density at radius 1 is 1.38 bits per heavy atom. The maximum atomic E-state index is 12.0. The fraction of sp³-hybridized carbons (Fsp3) is 0.562. The lowest BCUT2D eigenvalue weighted by atomic mass is 10.0. The molecule has 21 heavy (non-hydrogen) atoms. The minimum absolute atomic E-state index is 0.0854. The third-order valence-electron chi connectivity index (χ3n) is 3.98. The number of urea groups is 1. The van der Waals surface area contributed by atoms with Crippen LogP contribution in [0.1, 0.15) is 31.0 Å². The van der Waals surface area contributed by atoms with Crippen LogP contribution >= 0.6 is 0 Å². The summed E-state index contributed by atoms with van der Waals surface area (Å²) in [6, 6.07) is 6.58. The molecule has 0 saturated carbocycles. The van der Waals surface area contributed by atoms with Crippen LogP contribution in [-0.4, -0.2) is 49.6 Å². The molecule has 1 N–H and O–H groups in total. The zero-order valence-corrected chi connectivity index (χ0v) is 13.3. The summed E-state index contributed by atoms with van der Waals surface area (Å²) >= 11 is 0. The maximum Gasteiger partial charge on any atom is 0.320 e. The second kappa shape index (κ2) is 6.80. The molecule has 1 atom stereocenters. The SMILES string of the molecule is CCNC(C)c1ccc(OC)c(CN2CCN(C)C2=O)c1. The molecule has 0 radical (unpaired) electrons. The van der Waals surface area contributed by atoms with E-state index in [4.69, 9.17) is 4.74 Å². The molecule has 0 spiro atoms. The van der Waals surface area contributed by atoms with E-state index in [0.29, 0.717) is 6.54 Å². The van der Waals surface area contributed by atoms with E-state index in [-0.39, 0.29) is 12.1 Å². The second-order valence-electron chi connectivity index (χ2n) is 5.48. The smallest absolute Gasteiger partial charge is 0.320 e. The van der Waals surface area contributed by atoms with Gasteiger partial charge in [-0.1, -0.05) is 13.0 Å². The van der Waals surface area contributed by atoms with E-state index >= 15 is 0 Å². The van der Waals surface area contributed by atoms with Gasteiger partial charge in [-0.25, -0.2) is 4.79 Å². The van der Waals surface area contributed by atoms with Gasteiger partial charge in [-0.3, -0.25) is 0 Å². The Morgan fingerprint density at radius 2 is 2.14 bits per heavy atom. The van der Waals surface area contributed by atoms with Crippen molar-refractivity contribution in [3.05, 3.63) is 29.3 Å².